The van der Waals surface area contributed by atoms with E-state index in [4.69, 9.17) is 0 Å². The Kier molecular flexibility index (Phi) is 4.44. The first-order chi connectivity index (χ1) is 6.63. The Hall–Kier alpha value is -0.520. The quantitative estimate of drug-likeness (QED) is 0.670. The number of hydrogen-bond donors (Lipinski definition) is 2. The summed E-state index contributed by atoms with van der Waals surface area (Å²) in [6.07, 6.45) is 1.50. The highest BCUT2D eigenvalue weighted by molar-refractivity contribution is 4.80. The highest BCUT2D eigenvalue weighted by atomic mass is 16.5. The van der Waals surface area contributed by atoms with E-state index in [-0.39, 0.29) is 18.1 Å². The van der Waals surface area contributed by atoms with Crippen molar-refractivity contribution in [2.24, 2.45) is 11.1 Å². The summed E-state index contributed by atoms with van der Waals surface area (Å²) in [5.74, 6) is 0.133. The molecule has 1 aliphatic heterocycles. The zero-order valence-corrected chi connectivity index (χ0v) is 8.81. The van der Waals surface area contributed by atoms with Crippen molar-refractivity contribution in [3.05, 3.63) is 4.91 Å². The molecule has 5 nitrogen and oxygen atoms in total. The van der Waals surface area contributed by atoms with Gasteiger partial charge in [-0.2, -0.15) is 5.06 Å². The lowest BCUT2D eigenvalue weighted by Gasteiger charge is -2.31. The van der Waals surface area contributed by atoms with Crippen LogP contribution in [0.2, 0.25) is 0 Å². The molecule has 1 aliphatic rings. The third-order valence-corrected chi connectivity index (χ3v) is 2.50. The molecule has 0 radical (unpaired) electrons. The lowest BCUT2D eigenvalue weighted by Crippen LogP contribution is -2.45. The second kappa shape index (κ2) is 5.38. The molecule has 1 fully saturated rings. The zero-order valence-electron chi connectivity index (χ0n) is 8.81. The van der Waals surface area contributed by atoms with Crippen molar-refractivity contribution in [2.75, 3.05) is 13.1 Å². The molecule has 1 rings (SSSR count). The van der Waals surface area contributed by atoms with Gasteiger partial charge in [0.15, 0.2) is 0 Å². The summed E-state index contributed by atoms with van der Waals surface area (Å²) in [5, 5.41) is 16.8. The van der Waals surface area contributed by atoms with Crippen LogP contribution in [0.5, 0.6) is 0 Å². The molecule has 0 aromatic carbocycles. The van der Waals surface area contributed by atoms with Crippen molar-refractivity contribution in [1.82, 2.24) is 10.4 Å². The Morgan fingerprint density at radius 2 is 2.29 bits per heavy atom. The molecule has 1 saturated heterocycles. The molecule has 0 amide bonds. The van der Waals surface area contributed by atoms with Gasteiger partial charge in [0.05, 0.1) is 0 Å². The van der Waals surface area contributed by atoms with Crippen LogP contribution >= 0.6 is 0 Å². The molecular weight excluding hydrogens is 182 g/mol. The van der Waals surface area contributed by atoms with Crippen molar-refractivity contribution in [1.29, 1.82) is 0 Å². The molecule has 0 aromatic rings. The van der Waals surface area contributed by atoms with Crippen molar-refractivity contribution in [2.45, 2.75) is 38.9 Å². The Morgan fingerprint density at radius 1 is 1.57 bits per heavy atom. The maximum atomic E-state index is 10.6. The van der Waals surface area contributed by atoms with Gasteiger partial charge in [-0.3, -0.25) is 5.32 Å². The Balaban J connectivity index is 2.46. The fraction of sp³-hybridized carbons (Fsp3) is 1.00. The smallest absolute Gasteiger partial charge is 0.146 e. The Morgan fingerprint density at radius 3 is 2.79 bits per heavy atom. The second-order valence-electron chi connectivity index (χ2n) is 4.19. The summed E-state index contributed by atoms with van der Waals surface area (Å²) in [6, 6.07) is 0.242. The molecular formula is C9H19N3O2. The highest BCUT2D eigenvalue weighted by Crippen LogP contribution is 2.19. The van der Waals surface area contributed by atoms with Crippen molar-refractivity contribution in [3.8, 4) is 0 Å². The summed E-state index contributed by atoms with van der Waals surface area (Å²) < 4.78 is 0. The number of nitrogens with one attached hydrogen (secondary N) is 1. The average molecular weight is 201 g/mol. The van der Waals surface area contributed by atoms with Crippen molar-refractivity contribution >= 4 is 0 Å². The van der Waals surface area contributed by atoms with Crippen molar-refractivity contribution in [3.63, 3.8) is 0 Å². The summed E-state index contributed by atoms with van der Waals surface area (Å²) in [4.78, 5) is 10.6. The fourth-order valence-corrected chi connectivity index (χ4v) is 1.84. The summed E-state index contributed by atoms with van der Waals surface area (Å²) in [5.41, 5.74) is 0. The van der Waals surface area contributed by atoms with Crippen LogP contribution in [-0.2, 0) is 0 Å². The van der Waals surface area contributed by atoms with E-state index >= 15 is 0 Å². The maximum Gasteiger partial charge on any atom is 0.146 e. The van der Waals surface area contributed by atoms with Gasteiger partial charge in [0, 0.05) is 25.0 Å². The van der Waals surface area contributed by atoms with Crippen LogP contribution in [-0.4, -0.2) is 35.6 Å². The van der Waals surface area contributed by atoms with Gasteiger partial charge < -0.3 is 5.21 Å². The SMILES string of the molecule is CC(C)NC(N=O)C1CCCN(O)C1. The molecule has 1 heterocycles. The van der Waals surface area contributed by atoms with Crippen molar-refractivity contribution < 1.29 is 5.21 Å². The third-order valence-electron chi connectivity index (χ3n) is 2.50. The zero-order chi connectivity index (χ0) is 10.6. The van der Waals surface area contributed by atoms with Crippen LogP contribution < -0.4 is 5.32 Å². The van der Waals surface area contributed by atoms with Gasteiger partial charge in [0.1, 0.15) is 6.17 Å². The largest absolute Gasteiger partial charge is 0.314 e. The fourth-order valence-electron chi connectivity index (χ4n) is 1.84. The third kappa shape index (κ3) is 3.32. The predicted octanol–water partition coefficient (Wildman–Crippen LogP) is 1.18. The Bertz CT molecular complexity index is 187. The number of piperidine rings is 1. The number of nitrogens with zero attached hydrogens (tertiary/aromatic N) is 2. The van der Waals surface area contributed by atoms with Crippen LogP contribution in [0.25, 0.3) is 0 Å². The summed E-state index contributed by atoms with van der Waals surface area (Å²) in [7, 11) is 0. The molecule has 0 bridgehead atoms. The van der Waals surface area contributed by atoms with E-state index in [0.29, 0.717) is 13.1 Å². The minimum Gasteiger partial charge on any atom is -0.314 e. The molecule has 2 atom stereocenters. The normalized spacial score (nSPS) is 26.4. The van der Waals surface area contributed by atoms with Gasteiger partial charge in [0.2, 0.25) is 0 Å². The van der Waals surface area contributed by atoms with Gasteiger partial charge in [0.25, 0.3) is 0 Å². The minimum atomic E-state index is -0.370. The van der Waals surface area contributed by atoms with E-state index in [9.17, 15) is 10.1 Å². The molecule has 5 heteroatoms. The van der Waals surface area contributed by atoms with Gasteiger partial charge >= 0.3 is 0 Å². The van der Waals surface area contributed by atoms with E-state index < -0.39 is 0 Å². The van der Waals surface area contributed by atoms with E-state index in [1.807, 2.05) is 13.8 Å². The molecule has 2 unspecified atom stereocenters. The monoisotopic (exact) mass is 201 g/mol. The van der Waals surface area contributed by atoms with Gasteiger partial charge in [-0.05, 0) is 26.7 Å². The average Bonchev–Trinajstić information content (AvgIpc) is 2.14. The molecule has 0 saturated carbocycles. The van der Waals surface area contributed by atoms with Gasteiger partial charge in [-0.25, -0.2) is 0 Å². The predicted molar refractivity (Wildman–Crippen MR) is 53.9 cm³/mol. The molecule has 0 spiro atoms. The summed E-state index contributed by atoms with van der Waals surface area (Å²) >= 11 is 0. The molecule has 82 valence electrons. The molecule has 0 aromatic heterocycles. The minimum absolute atomic E-state index is 0.133. The lowest BCUT2D eigenvalue weighted by atomic mass is 9.96. The van der Waals surface area contributed by atoms with Crippen LogP contribution in [0.1, 0.15) is 26.7 Å². The standard InChI is InChI=1S/C9H19N3O2/c1-7(2)10-9(11-13)8-4-3-5-12(14)6-8/h7-10,14H,3-6H2,1-2H3. The highest BCUT2D eigenvalue weighted by Gasteiger charge is 2.27. The number of rotatable bonds is 4. The van der Waals surface area contributed by atoms with Gasteiger partial charge in [-0.15, -0.1) is 4.91 Å². The van der Waals surface area contributed by atoms with E-state index in [0.717, 1.165) is 12.8 Å². The number of hydrogen-bond acceptors (Lipinski definition) is 5. The van der Waals surface area contributed by atoms with E-state index in [1.54, 1.807) is 0 Å². The number of nitroso groups, excluding NO2 is 1. The van der Waals surface area contributed by atoms with Gasteiger partial charge in [-0.1, -0.05) is 5.18 Å². The van der Waals surface area contributed by atoms with Crippen LogP contribution in [0, 0.1) is 10.8 Å². The maximum absolute atomic E-state index is 10.6. The first-order valence-corrected chi connectivity index (χ1v) is 5.16. The number of hydroxylamine groups is 2. The first kappa shape index (κ1) is 11.6. The summed E-state index contributed by atoms with van der Waals surface area (Å²) in [6.45, 7) is 5.20. The molecule has 2 N–H and O–H groups in total. The first-order valence-electron chi connectivity index (χ1n) is 5.16. The van der Waals surface area contributed by atoms with Crippen LogP contribution in [0.15, 0.2) is 5.18 Å². The topological polar surface area (TPSA) is 64.9 Å². The van der Waals surface area contributed by atoms with E-state index in [1.165, 1.54) is 5.06 Å². The van der Waals surface area contributed by atoms with Crippen LogP contribution in [0.3, 0.4) is 0 Å². The lowest BCUT2D eigenvalue weighted by molar-refractivity contribution is -0.121. The Labute approximate surface area is 84.4 Å². The van der Waals surface area contributed by atoms with Crippen LogP contribution in [0.4, 0.5) is 0 Å². The second-order valence-corrected chi connectivity index (χ2v) is 4.19. The molecule has 0 aliphatic carbocycles. The molecule has 14 heavy (non-hydrogen) atoms. The van der Waals surface area contributed by atoms with E-state index in [2.05, 4.69) is 10.5 Å².